The predicted octanol–water partition coefficient (Wildman–Crippen LogP) is 2.08. The third kappa shape index (κ3) is 4.57. The number of aromatic hydroxyl groups is 1. The van der Waals surface area contributed by atoms with Gasteiger partial charge in [-0.1, -0.05) is 39.3 Å². The molecule has 0 aliphatic carbocycles. The summed E-state index contributed by atoms with van der Waals surface area (Å²) in [5, 5.41) is 32.1. The zero-order valence-corrected chi connectivity index (χ0v) is 17.9. The smallest absolute Gasteiger partial charge is 0.293 e. The molecule has 0 saturated heterocycles. The van der Waals surface area contributed by atoms with Gasteiger partial charge in [-0.2, -0.15) is 9.78 Å². The van der Waals surface area contributed by atoms with Crippen LogP contribution in [0.5, 0.6) is 5.75 Å². The van der Waals surface area contributed by atoms with Gasteiger partial charge in [0.25, 0.3) is 5.91 Å². The second-order valence-electron chi connectivity index (χ2n) is 6.39. The Morgan fingerprint density at radius 3 is 2.81 bits per heavy atom. The Hall–Kier alpha value is -4.26. The number of carbonyl (C=O) groups excluding carboxylic acids is 1. The number of nitrogens with two attached hydrogens (primary N) is 1. The fraction of sp³-hybridized carbons (Fsp3) is 0.0526. The van der Waals surface area contributed by atoms with Crippen LogP contribution in [-0.2, 0) is 6.54 Å². The summed E-state index contributed by atoms with van der Waals surface area (Å²) in [6.07, 6.45) is 1.31. The molecule has 0 unspecified atom stereocenters. The van der Waals surface area contributed by atoms with Crippen LogP contribution in [0.25, 0.3) is 5.82 Å². The molecule has 0 spiro atoms. The van der Waals surface area contributed by atoms with Crippen molar-refractivity contribution in [3.05, 3.63) is 70.0 Å². The van der Waals surface area contributed by atoms with E-state index in [-0.39, 0.29) is 29.6 Å². The van der Waals surface area contributed by atoms with Gasteiger partial charge in [-0.05, 0) is 40.6 Å². The van der Waals surface area contributed by atoms with Crippen LogP contribution in [0, 0.1) is 0 Å². The summed E-state index contributed by atoms with van der Waals surface area (Å²) in [6.45, 7) is 0.169. The molecule has 162 valence electrons. The van der Waals surface area contributed by atoms with Crippen molar-refractivity contribution in [2.24, 2.45) is 5.10 Å². The Balaban J connectivity index is 1.58. The number of para-hydroxylation sites is 1. The lowest BCUT2D eigenvalue weighted by molar-refractivity contribution is 0.0949. The van der Waals surface area contributed by atoms with E-state index in [1.807, 2.05) is 30.3 Å². The monoisotopic (exact) mass is 497 g/mol. The molecule has 0 bridgehead atoms. The number of rotatable bonds is 7. The topological polar surface area (TPSA) is 169 Å². The van der Waals surface area contributed by atoms with Crippen LogP contribution in [-0.4, -0.2) is 42.5 Å². The maximum absolute atomic E-state index is 12.8. The largest absolute Gasteiger partial charge is 0.507 e. The Kier molecular flexibility index (Phi) is 6.07. The van der Waals surface area contributed by atoms with E-state index < -0.39 is 5.91 Å². The minimum absolute atomic E-state index is 0.00792. The second-order valence-corrected chi connectivity index (χ2v) is 7.31. The quantitative estimate of drug-likeness (QED) is 0.220. The van der Waals surface area contributed by atoms with Crippen LogP contribution in [0.2, 0.25) is 0 Å². The first kappa shape index (κ1) is 21.0. The van der Waals surface area contributed by atoms with Gasteiger partial charge >= 0.3 is 0 Å². The molecule has 2 aromatic carbocycles. The summed E-state index contributed by atoms with van der Waals surface area (Å²) in [5.41, 5.74) is 9.73. The molecule has 0 aliphatic heterocycles. The van der Waals surface area contributed by atoms with Crippen LogP contribution >= 0.6 is 15.9 Å². The van der Waals surface area contributed by atoms with Crippen LogP contribution in [0.3, 0.4) is 0 Å². The summed E-state index contributed by atoms with van der Waals surface area (Å²) >= 11 is 3.31. The number of hydrogen-bond acceptors (Lipinski definition) is 10. The first-order valence-electron chi connectivity index (χ1n) is 9.16. The number of hydrazone groups is 1. The van der Waals surface area contributed by atoms with Crippen molar-refractivity contribution >= 4 is 39.6 Å². The molecular weight excluding hydrogens is 482 g/mol. The molecule has 0 radical (unpaired) electrons. The molecule has 2 aromatic heterocycles. The number of hydrogen-bond donors (Lipinski definition) is 4. The van der Waals surface area contributed by atoms with E-state index in [0.717, 1.165) is 10.2 Å². The molecule has 0 saturated carbocycles. The third-order valence-electron chi connectivity index (χ3n) is 4.27. The van der Waals surface area contributed by atoms with E-state index >= 15 is 0 Å². The first-order valence-corrected chi connectivity index (χ1v) is 9.96. The highest BCUT2D eigenvalue weighted by atomic mass is 79.9. The van der Waals surface area contributed by atoms with E-state index in [4.69, 9.17) is 5.73 Å². The first-order chi connectivity index (χ1) is 15.5. The standard InChI is InChI=1S/C19H16BrN9O3/c20-12-6-7-15(30)11(8-12)9-23-25-19(31)16-14(10-22-13-4-2-1-3-5-13)29(28-24-16)18-17(21)26-32-27-18/h1-9,22,30H,10H2,(H2,21,26)(H,25,31)/b23-9+. The number of phenolic OH excluding ortho intramolecular Hbond substituents is 1. The molecular formula is C19H16BrN9O3. The molecule has 12 nitrogen and oxygen atoms in total. The van der Waals surface area contributed by atoms with Crippen molar-refractivity contribution in [2.75, 3.05) is 11.1 Å². The highest BCUT2D eigenvalue weighted by Gasteiger charge is 2.23. The van der Waals surface area contributed by atoms with Crippen molar-refractivity contribution < 1.29 is 14.5 Å². The van der Waals surface area contributed by atoms with Gasteiger partial charge in [0, 0.05) is 15.7 Å². The number of nitrogens with one attached hydrogen (secondary N) is 2. The van der Waals surface area contributed by atoms with E-state index in [0.29, 0.717) is 11.3 Å². The van der Waals surface area contributed by atoms with Gasteiger partial charge in [-0.3, -0.25) is 4.79 Å². The number of benzene rings is 2. The van der Waals surface area contributed by atoms with Crippen LogP contribution in [0.1, 0.15) is 21.7 Å². The molecule has 0 fully saturated rings. The Bertz CT molecular complexity index is 1270. The number of carbonyl (C=O) groups is 1. The molecule has 4 aromatic rings. The number of anilines is 2. The number of amides is 1. The van der Waals surface area contributed by atoms with Gasteiger partial charge < -0.3 is 16.2 Å². The summed E-state index contributed by atoms with van der Waals surface area (Å²) in [6, 6.07) is 14.2. The lowest BCUT2D eigenvalue weighted by atomic mass is 10.2. The second kappa shape index (κ2) is 9.26. The van der Waals surface area contributed by atoms with Crippen molar-refractivity contribution in [1.29, 1.82) is 0 Å². The van der Waals surface area contributed by atoms with Gasteiger partial charge in [-0.25, -0.2) is 10.1 Å². The predicted molar refractivity (Wildman–Crippen MR) is 118 cm³/mol. The van der Waals surface area contributed by atoms with Crippen molar-refractivity contribution in [3.63, 3.8) is 0 Å². The Labute approximate surface area is 189 Å². The van der Waals surface area contributed by atoms with E-state index in [9.17, 15) is 9.90 Å². The zero-order valence-electron chi connectivity index (χ0n) is 16.3. The Morgan fingerprint density at radius 2 is 2.06 bits per heavy atom. The summed E-state index contributed by atoms with van der Waals surface area (Å²) in [5.74, 6) is -0.518. The number of nitrogens with zero attached hydrogens (tertiary/aromatic N) is 6. The molecule has 0 atom stereocenters. The van der Waals surface area contributed by atoms with E-state index in [1.165, 1.54) is 17.0 Å². The van der Waals surface area contributed by atoms with Crippen LogP contribution in [0.4, 0.5) is 11.5 Å². The maximum atomic E-state index is 12.8. The molecule has 0 aliphatic rings. The number of nitrogen functional groups attached to an aromatic ring is 1. The van der Waals surface area contributed by atoms with Crippen LogP contribution in [0.15, 0.2) is 62.7 Å². The molecule has 32 heavy (non-hydrogen) atoms. The van der Waals surface area contributed by atoms with Crippen molar-refractivity contribution in [3.8, 4) is 11.6 Å². The average Bonchev–Trinajstić information content (AvgIpc) is 3.41. The molecule has 1 amide bonds. The Morgan fingerprint density at radius 1 is 1.25 bits per heavy atom. The zero-order chi connectivity index (χ0) is 22.5. The highest BCUT2D eigenvalue weighted by molar-refractivity contribution is 9.10. The fourth-order valence-electron chi connectivity index (χ4n) is 2.73. The lowest BCUT2D eigenvalue weighted by Gasteiger charge is -2.08. The van der Waals surface area contributed by atoms with Gasteiger partial charge in [0.2, 0.25) is 11.6 Å². The highest BCUT2D eigenvalue weighted by Crippen LogP contribution is 2.20. The number of phenols is 1. The SMILES string of the molecule is Nc1nonc1-n1nnc(C(=O)N/N=C/c2cc(Br)ccc2O)c1CNc1ccccc1. The number of halogens is 1. The normalized spacial score (nSPS) is 11.0. The van der Waals surface area contributed by atoms with Gasteiger partial charge in [-0.15, -0.1) is 5.10 Å². The lowest BCUT2D eigenvalue weighted by Crippen LogP contribution is -2.21. The molecule has 2 heterocycles. The summed E-state index contributed by atoms with van der Waals surface area (Å²) < 4.78 is 6.65. The minimum Gasteiger partial charge on any atom is -0.507 e. The van der Waals surface area contributed by atoms with Gasteiger partial charge in [0.15, 0.2) is 5.69 Å². The van der Waals surface area contributed by atoms with E-state index in [1.54, 1.807) is 12.1 Å². The summed E-state index contributed by atoms with van der Waals surface area (Å²) in [4.78, 5) is 12.8. The minimum atomic E-state index is -0.623. The third-order valence-corrected chi connectivity index (χ3v) is 4.76. The maximum Gasteiger partial charge on any atom is 0.293 e. The van der Waals surface area contributed by atoms with Gasteiger partial charge in [0.05, 0.1) is 18.5 Å². The molecule has 5 N–H and O–H groups in total. The summed E-state index contributed by atoms with van der Waals surface area (Å²) in [7, 11) is 0. The van der Waals surface area contributed by atoms with E-state index in [2.05, 4.69) is 57.0 Å². The van der Waals surface area contributed by atoms with Crippen LogP contribution < -0.4 is 16.5 Å². The molecule has 4 rings (SSSR count). The van der Waals surface area contributed by atoms with Crippen molar-refractivity contribution in [1.82, 2.24) is 30.7 Å². The molecule has 13 heteroatoms. The average molecular weight is 498 g/mol. The number of aromatic nitrogens is 5. The van der Waals surface area contributed by atoms with Crippen molar-refractivity contribution in [2.45, 2.75) is 6.54 Å². The van der Waals surface area contributed by atoms with Gasteiger partial charge in [0.1, 0.15) is 5.75 Å². The fourth-order valence-corrected chi connectivity index (χ4v) is 3.11.